The van der Waals surface area contributed by atoms with Crippen LogP contribution in [0.25, 0.3) is 15.3 Å². The minimum atomic E-state index is -0.160. The molecule has 0 atom stereocenters. The van der Waals surface area contributed by atoms with E-state index in [4.69, 9.17) is 17.3 Å². The summed E-state index contributed by atoms with van der Waals surface area (Å²) in [7, 11) is 0. The van der Waals surface area contributed by atoms with Crippen molar-refractivity contribution < 1.29 is 0 Å². The van der Waals surface area contributed by atoms with Crippen LogP contribution in [0.15, 0.2) is 24.3 Å². The maximum absolute atomic E-state index is 6.32. The normalized spacial score (nSPS) is 12.2. The maximum atomic E-state index is 6.32. The number of nitrogen functional groups attached to an aromatic ring is 1. The molecule has 0 saturated carbocycles. The lowest BCUT2D eigenvalue weighted by atomic mass is 9.92. The SMILES string of the molecule is CC(C)(C)c1nn(-c2nc3ccccc3s2)c(N)c1Cl. The van der Waals surface area contributed by atoms with Crippen LogP contribution in [-0.2, 0) is 5.41 Å². The molecule has 2 N–H and O–H groups in total. The molecule has 3 rings (SSSR count). The van der Waals surface area contributed by atoms with Gasteiger partial charge in [-0.25, -0.2) is 4.98 Å². The van der Waals surface area contributed by atoms with Gasteiger partial charge >= 0.3 is 0 Å². The van der Waals surface area contributed by atoms with Gasteiger partial charge in [-0.2, -0.15) is 9.78 Å². The van der Waals surface area contributed by atoms with E-state index in [2.05, 4.69) is 30.9 Å². The van der Waals surface area contributed by atoms with Crippen molar-refractivity contribution in [2.45, 2.75) is 26.2 Å². The first-order valence-electron chi connectivity index (χ1n) is 6.28. The van der Waals surface area contributed by atoms with E-state index in [9.17, 15) is 0 Å². The molecule has 0 fully saturated rings. The molecule has 0 bridgehead atoms. The number of nitrogens with zero attached hydrogens (tertiary/aromatic N) is 3. The van der Waals surface area contributed by atoms with E-state index in [0.29, 0.717) is 10.8 Å². The summed E-state index contributed by atoms with van der Waals surface area (Å²) >= 11 is 7.86. The Hall–Kier alpha value is -1.59. The zero-order valence-corrected chi connectivity index (χ0v) is 13.1. The molecule has 4 nitrogen and oxygen atoms in total. The molecule has 0 aliphatic heterocycles. The number of rotatable bonds is 1. The minimum absolute atomic E-state index is 0.160. The van der Waals surface area contributed by atoms with Crippen LogP contribution in [0.2, 0.25) is 5.02 Å². The summed E-state index contributed by atoms with van der Waals surface area (Å²) in [5.41, 5.74) is 7.66. The summed E-state index contributed by atoms with van der Waals surface area (Å²) in [5.74, 6) is 0.440. The average molecular weight is 307 g/mol. The van der Waals surface area contributed by atoms with Crippen LogP contribution in [-0.4, -0.2) is 14.8 Å². The summed E-state index contributed by atoms with van der Waals surface area (Å²) in [6.07, 6.45) is 0. The fraction of sp³-hybridized carbons (Fsp3) is 0.286. The van der Waals surface area contributed by atoms with Gasteiger partial charge in [0, 0.05) is 5.41 Å². The van der Waals surface area contributed by atoms with Gasteiger partial charge in [0.25, 0.3) is 0 Å². The van der Waals surface area contributed by atoms with Crippen LogP contribution in [0.3, 0.4) is 0 Å². The molecule has 0 aliphatic rings. The van der Waals surface area contributed by atoms with Gasteiger partial charge in [-0.1, -0.05) is 55.8 Å². The number of thiazole rings is 1. The predicted molar refractivity (Wildman–Crippen MR) is 84.9 cm³/mol. The first-order valence-corrected chi connectivity index (χ1v) is 7.48. The highest BCUT2D eigenvalue weighted by atomic mass is 35.5. The third kappa shape index (κ3) is 2.07. The molecule has 2 aromatic heterocycles. The first-order chi connectivity index (χ1) is 9.38. The van der Waals surface area contributed by atoms with Crippen LogP contribution in [0.1, 0.15) is 26.5 Å². The van der Waals surface area contributed by atoms with Gasteiger partial charge in [0.1, 0.15) is 10.8 Å². The first kappa shape index (κ1) is 13.4. The van der Waals surface area contributed by atoms with Gasteiger partial charge in [0.05, 0.1) is 15.9 Å². The number of aromatic nitrogens is 3. The summed E-state index contributed by atoms with van der Waals surface area (Å²) in [6, 6.07) is 7.96. The molecular weight excluding hydrogens is 292 g/mol. The molecule has 2 heterocycles. The number of benzene rings is 1. The molecule has 0 amide bonds. The summed E-state index contributed by atoms with van der Waals surface area (Å²) < 4.78 is 2.74. The Bertz CT molecular complexity index is 749. The van der Waals surface area contributed by atoms with Crippen molar-refractivity contribution in [2.75, 3.05) is 5.73 Å². The monoisotopic (exact) mass is 306 g/mol. The molecular formula is C14H15ClN4S. The largest absolute Gasteiger partial charge is 0.382 e. The Morgan fingerprint density at radius 3 is 2.55 bits per heavy atom. The fourth-order valence-corrected chi connectivity index (χ4v) is 3.32. The second kappa shape index (κ2) is 4.46. The number of anilines is 1. The van der Waals surface area contributed by atoms with E-state index >= 15 is 0 Å². The van der Waals surface area contributed by atoms with Crippen LogP contribution in [0.5, 0.6) is 0 Å². The van der Waals surface area contributed by atoms with Crippen LogP contribution < -0.4 is 5.73 Å². The van der Waals surface area contributed by atoms with Crippen LogP contribution in [0.4, 0.5) is 5.82 Å². The van der Waals surface area contributed by atoms with E-state index in [1.165, 1.54) is 0 Å². The van der Waals surface area contributed by atoms with Gasteiger partial charge < -0.3 is 5.73 Å². The second-order valence-corrected chi connectivity index (χ2v) is 7.06. The molecule has 3 aromatic rings. The standard InChI is InChI=1S/C14H15ClN4S/c1-14(2,3)11-10(15)12(16)19(18-11)13-17-8-6-4-5-7-9(8)20-13/h4-7H,16H2,1-3H3. The third-order valence-electron chi connectivity index (χ3n) is 3.04. The van der Waals surface area contributed by atoms with Gasteiger partial charge in [0.15, 0.2) is 0 Å². The molecule has 0 spiro atoms. The van der Waals surface area contributed by atoms with E-state index < -0.39 is 0 Å². The lowest BCUT2D eigenvalue weighted by molar-refractivity contribution is 0.560. The molecule has 20 heavy (non-hydrogen) atoms. The molecule has 104 valence electrons. The number of para-hydroxylation sites is 1. The van der Waals surface area contributed by atoms with Crippen LogP contribution in [0, 0.1) is 0 Å². The van der Waals surface area contributed by atoms with Gasteiger partial charge in [-0.3, -0.25) is 0 Å². The maximum Gasteiger partial charge on any atom is 0.213 e. The number of fused-ring (bicyclic) bond motifs is 1. The van der Waals surface area contributed by atoms with Crippen molar-refractivity contribution >= 4 is 39.0 Å². The van der Waals surface area contributed by atoms with Crippen molar-refractivity contribution in [1.29, 1.82) is 0 Å². The van der Waals surface area contributed by atoms with Crippen molar-refractivity contribution in [3.8, 4) is 5.13 Å². The molecule has 0 radical (unpaired) electrons. The Morgan fingerprint density at radius 2 is 1.95 bits per heavy atom. The smallest absolute Gasteiger partial charge is 0.213 e. The van der Waals surface area contributed by atoms with E-state index in [1.807, 2.05) is 24.3 Å². The third-order valence-corrected chi connectivity index (χ3v) is 4.42. The average Bonchev–Trinajstić information content (AvgIpc) is 2.91. The lowest BCUT2D eigenvalue weighted by Gasteiger charge is -2.14. The Labute approximate surface area is 126 Å². The highest BCUT2D eigenvalue weighted by Crippen LogP contribution is 2.35. The minimum Gasteiger partial charge on any atom is -0.382 e. The second-order valence-electron chi connectivity index (χ2n) is 5.67. The summed E-state index contributed by atoms with van der Waals surface area (Å²) in [5, 5.41) is 5.80. The molecule has 6 heteroatoms. The number of halogens is 1. The quantitative estimate of drug-likeness (QED) is 0.739. The zero-order valence-electron chi connectivity index (χ0n) is 11.5. The Morgan fingerprint density at radius 1 is 1.25 bits per heavy atom. The van der Waals surface area contributed by atoms with Crippen molar-refractivity contribution in [2.24, 2.45) is 0 Å². The van der Waals surface area contributed by atoms with Gasteiger partial charge in [-0.15, -0.1) is 0 Å². The molecule has 0 saturated heterocycles. The van der Waals surface area contributed by atoms with Gasteiger partial charge in [0.2, 0.25) is 5.13 Å². The summed E-state index contributed by atoms with van der Waals surface area (Å²) in [6.45, 7) is 6.18. The predicted octanol–water partition coefficient (Wildman–Crippen LogP) is 4.02. The fourth-order valence-electron chi connectivity index (χ4n) is 1.99. The van der Waals surface area contributed by atoms with E-state index in [-0.39, 0.29) is 5.41 Å². The molecule has 1 aromatic carbocycles. The number of hydrogen-bond acceptors (Lipinski definition) is 4. The Balaban J connectivity index is 2.19. The molecule has 0 aliphatic carbocycles. The van der Waals surface area contributed by atoms with Crippen LogP contribution >= 0.6 is 22.9 Å². The van der Waals surface area contributed by atoms with E-state index in [1.54, 1.807) is 16.0 Å². The highest BCUT2D eigenvalue weighted by molar-refractivity contribution is 7.20. The van der Waals surface area contributed by atoms with Crippen molar-refractivity contribution in [1.82, 2.24) is 14.8 Å². The number of hydrogen-bond donors (Lipinski definition) is 1. The van der Waals surface area contributed by atoms with E-state index in [0.717, 1.165) is 21.0 Å². The van der Waals surface area contributed by atoms with Crippen molar-refractivity contribution in [3.63, 3.8) is 0 Å². The highest BCUT2D eigenvalue weighted by Gasteiger charge is 2.26. The van der Waals surface area contributed by atoms with Gasteiger partial charge in [-0.05, 0) is 12.1 Å². The lowest BCUT2D eigenvalue weighted by Crippen LogP contribution is -2.13. The Kier molecular flexibility index (Phi) is 2.99. The zero-order chi connectivity index (χ0) is 14.5. The number of nitrogens with two attached hydrogens (primary N) is 1. The van der Waals surface area contributed by atoms with Crippen molar-refractivity contribution in [3.05, 3.63) is 35.0 Å². The molecule has 0 unspecified atom stereocenters. The summed E-state index contributed by atoms with van der Waals surface area (Å²) in [4.78, 5) is 4.56. The topological polar surface area (TPSA) is 56.7 Å².